The number of phenols is 1. The molecule has 0 radical (unpaired) electrons. The Kier molecular flexibility index (Phi) is 14.1. The fourth-order valence-electron chi connectivity index (χ4n) is 10.3. The molecule has 0 bridgehead atoms. The Morgan fingerprint density at radius 1 is 0.803 bits per heavy atom. The van der Waals surface area contributed by atoms with Gasteiger partial charge in [-0.25, -0.2) is 8.78 Å². The van der Waals surface area contributed by atoms with E-state index in [1.165, 1.54) is 17.7 Å². The summed E-state index contributed by atoms with van der Waals surface area (Å²) >= 11 is 0. The molecule has 6 aromatic rings. The number of fused-ring (bicyclic) bond motifs is 2. The van der Waals surface area contributed by atoms with E-state index in [1.807, 2.05) is 83.8 Å². The Balaban J connectivity index is 0.976. The molecule has 0 unspecified atom stereocenters. The van der Waals surface area contributed by atoms with E-state index in [9.17, 15) is 23.9 Å². The van der Waals surface area contributed by atoms with Gasteiger partial charge in [0.2, 0.25) is 5.91 Å². The van der Waals surface area contributed by atoms with Gasteiger partial charge in [-0.3, -0.25) is 29.1 Å². The van der Waals surface area contributed by atoms with Crippen molar-refractivity contribution in [1.82, 2.24) is 28.7 Å². The zero-order valence-electron chi connectivity index (χ0n) is 41.0. The van der Waals surface area contributed by atoms with Crippen molar-refractivity contribution in [2.75, 3.05) is 57.3 Å². The van der Waals surface area contributed by atoms with Gasteiger partial charge in [0.05, 0.1) is 24.2 Å². The molecule has 4 aromatic carbocycles. The summed E-state index contributed by atoms with van der Waals surface area (Å²) in [7, 11) is 3.68. The lowest BCUT2D eigenvalue weighted by atomic mass is 9.89. The second kappa shape index (κ2) is 20.6. The van der Waals surface area contributed by atoms with Crippen molar-refractivity contribution in [3.05, 3.63) is 153 Å². The number of ether oxygens (including phenoxy) is 1. The number of nitriles is 1. The van der Waals surface area contributed by atoms with Crippen LogP contribution in [0.15, 0.2) is 97.1 Å². The molecule has 0 aliphatic carbocycles. The lowest BCUT2D eigenvalue weighted by Gasteiger charge is -2.36. The number of amides is 3. The van der Waals surface area contributed by atoms with E-state index < -0.39 is 6.43 Å². The zero-order chi connectivity index (χ0) is 50.1. The van der Waals surface area contributed by atoms with Gasteiger partial charge in [-0.15, -0.1) is 0 Å². The quantitative estimate of drug-likeness (QED) is 0.123. The SMILES string of the molecule is Cc1c(N(C(=O)c2cc(-c3cc4c(cc3C(=O)N3Cc5ccccc5C[C@H]3C)CN(C(=O)Cc3ccc(OCCN5CCN(CC(F)F)CC5)cc3)CC4)n(C)c2C)c2ccc(O)cc2)cc(C#N)n1C. The molecule has 9 rings (SSSR count). The molecule has 2 aromatic heterocycles. The average Bonchev–Trinajstić information content (AvgIpc) is 3.83. The van der Waals surface area contributed by atoms with E-state index in [1.54, 1.807) is 39.6 Å². The molecule has 71 heavy (non-hydrogen) atoms. The van der Waals surface area contributed by atoms with Crippen LogP contribution in [0.3, 0.4) is 0 Å². The Labute approximate surface area is 413 Å². The second-order valence-corrected chi connectivity index (χ2v) is 19.1. The van der Waals surface area contributed by atoms with Gasteiger partial charge in [-0.2, -0.15) is 5.26 Å². The first-order valence-corrected chi connectivity index (χ1v) is 24.3. The number of piperazine rings is 1. The van der Waals surface area contributed by atoms with E-state index in [4.69, 9.17) is 4.74 Å². The van der Waals surface area contributed by atoms with E-state index >= 15 is 9.59 Å². The number of alkyl halides is 2. The first-order valence-electron chi connectivity index (χ1n) is 24.3. The van der Waals surface area contributed by atoms with Gasteiger partial charge in [-0.1, -0.05) is 36.4 Å². The molecule has 1 fully saturated rings. The number of phenolic OH excluding ortho intramolecular Hbond substituents is 1. The van der Waals surface area contributed by atoms with Crippen molar-refractivity contribution in [2.24, 2.45) is 14.1 Å². The lowest BCUT2D eigenvalue weighted by molar-refractivity contribution is -0.131. The summed E-state index contributed by atoms with van der Waals surface area (Å²) in [6, 6.07) is 31.8. The number of aromatic nitrogens is 2. The summed E-state index contributed by atoms with van der Waals surface area (Å²) in [6.07, 6.45) is -0.833. The summed E-state index contributed by atoms with van der Waals surface area (Å²) in [5.74, 6) is 0.251. The highest BCUT2D eigenvalue weighted by atomic mass is 19.3. The summed E-state index contributed by atoms with van der Waals surface area (Å²) in [6.45, 7) is 10.8. The molecular formula is C56H60F2N8O5. The third-order valence-corrected chi connectivity index (χ3v) is 14.7. The fourth-order valence-corrected chi connectivity index (χ4v) is 10.3. The fraction of sp³-hybridized carbons (Fsp3) is 0.357. The molecule has 3 aliphatic heterocycles. The molecule has 3 aliphatic rings. The van der Waals surface area contributed by atoms with Crippen LogP contribution in [-0.4, -0.2) is 116 Å². The predicted molar refractivity (Wildman–Crippen MR) is 268 cm³/mol. The number of benzene rings is 4. The van der Waals surface area contributed by atoms with E-state index in [2.05, 4.69) is 36.1 Å². The Hall–Kier alpha value is -7.28. The molecule has 5 heterocycles. The van der Waals surface area contributed by atoms with Gasteiger partial charge in [0, 0.05) is 106 Å². The molecule has 1 atom stereocenters. The molecule has 1 saturated heterocycles. The molecule has 0 saturated carbocycles. The van der Waals surface area contributed by atoms with Crippen LogP contribution in [0.25, 0.3) is 11.3 Å². The molecule has 368 valence electrons. The van der Waals surface area contributed by atoms with Crippen molar-refractivity contribution in [3.63, 3.8) is 0 Å². The first kappa shape index (κ1) is 48.7. The Morgan fingerprint density at radius 3 is 2.20 bits per heavy atom. The summed E-state index contributed by atoms with van der Waals surface area (Å²) in [4.78, 5) is 53.6. The third kappa shape index (κ3) is 10.2. The summed E-state index contributed by atoms with van der Waals surface area (Å²) in [5.41, 5.74) is 10.2. The summed E-state index contributed by atoms with van der Waals surface area (Å²) in [5, 5.41) is 20.1. The first-order chi connectivity index (χ1) is 34.2. The van der Waals surface area contributed by atoms with Crippen molar-refractivity contribution in [2.45, 2.75) is 65.6 Å². The monoisotopic (exact) mass is 962 g/mol. The standard InChI is InChI=1S/C56H60F2N8O5/c1-36-26-40-8-6-7-9-42(40)34-65(36)55(69)50-29-43-33-64(54(68)27-39-10-16-47(17-11-39)71-25-24-62-20-22-63(23-21-62)35-53(57)58)19-18-41(43)28-49(50)52-31-48(37(2)61(52)5)56(70)66(44-12-14-46(67)15-13-44)51-30-45(32-59)60(4)38(51)3/h6-17,28-31,36,53,67H,18-27,33-35H2,1-5H3/t36-/m1/s1. The van der Waals surface area contributed by atoms with Crippen LogP contribution in [0.1, 0.15) is 72.5 Å². The van der Waals surface area contributed by atoms with Crippen molar-refractivity contribution >= 4 is 29.1 Å². The van der Waals surface area contributed by atoms with Gasteiger partial charge >= 0.3 is 0 Å². The van der Waals surface area contributed by atoms with Crippen LogP contribution >= 0.6 is 0 Å². The number of hydrogen-bond acceptors (Lipinski definition) is 8. The summed E-state index contributed by atoms with van der Waals surface area (Å²) < 4.78 is 35.2. The number of carbonyl (C=O) groups excluding carboxylic acids is 3. The van der Waals surface area contributed by atoms with Crippen molar-refractivity contribution in [3.8, 4) is 28.8 Å². The lowest BCUT2D eigenvalue weighted by Crippen LogP contribution is -2.48. The number of aromatic hydroxyl groups is 1. The number of halogens is 2. The number of carbonyl (C=O) groups is 3. The molecule has 13 nitrogen and oxygen atoms in total. The van der Waals surface area contributed by atoms with E-state index in [0.717, 1.165) is 35.3 Å². The van der Waals surface area contributed by atoms with Gasteiger partial charge in [-0.05, 0) is 122 Å². The number of hydrogen-bond donors (Lipinski definition) is 1. The number of nitrogens with zero attached hydrogens (tertiary/aromatic N) is 8. The molecule has 15 heteroatoms. The van der Waals surface area contributed by atoms with Gasteiger partial charge in [0.25, 0.3) is 18.2 Å². The van der Waals surface area contributed by atoms with E-state index in [0.29, 0.717) is 115 Å². The molecular weight excluding hydrogens is 903 g/mol. The highest BCUT2D eigenvalue weighted by molar-refractivity contribution is 6.13. The normalized spacial score (nSPS) is 16.1. The minimum Gasteiger partial charge on any atom is -0.508 e. The highest BCUT2D eigenvalue weighted by Crippen LogP contribution is 2.38. The van der Waals surface area contributed by atoms with Crippen molar-refractivity contribution < 1.29 is 33.0 Å². The average molecular weight is 963 g/mol. The number of anilines is 2. The van der Waals surface area contributed by atoms with Crippen LogP contribution in [-0.2, 0) is 51.2 Å². The molecule has 1 N–H and O–H groups in total. The number of rotatable bonds is 13. The van der Waals surface area contributed by atoms with E-state index in [-0.39, 0.29) is 42.5 Å². The second-order valence-electron chi connectivity index (χ2n) is 19.1. The van der Waals surface area contributed by atoms with Crippen LogP contribution in [0.5, 0.6) is 11.5 Å². The van der Waals surface area contributed by atoms with Crippen molar-refractivity contribution in [1.29, 1.82) is 5.26 Å². The Morgan fingerprint density at radius 2 is 1.51 bits per heavy atom. The predicted octanol–water partition coefficient (Wildman–Crippen LogP) is 8.18. The van der Waals surface area contributed by atoms with Crippen LogP contribution in [0.2, 0.25) is 0 Å². The maximum Gasteiger partial charge on any atom is 0.264 e. The maximum atomic E-state index is 15.2. The van der Waals surface area contributed by atoms with Gasteiger partial charge < -0.3 is 28.8 Å². The smallest absolute Gasteiger partial charge is 0.264 e. The van der Waals surface area contributed by atoms with Crippen LogP contribution < -0.4 is 9.64 Å². The van der Waals surface area contributed by atoms with Gasteiger partial charge in [0.1, 0.15) is 29.9 Å². The minimum atomic E-state index is -2.32. The molecule has 3 amide bonds. The zero-order valence-corrected chi connectivity index (χ0v) is 41.0. The minimum absolute atomic E-state index is 0.0246. The topological polar surface area (TPSA) is 131 Å². The highest BCUT2D eigenvalue weighted by Gasteiger charge is 2.34. The Bertz CT molecular complexity index is 3000. The largest absolute Gasteiger partial charge is 0.508 e. The van der Waals surface area contributed by atoms with Crippen LogP contribution in [0.4, 0.5) is 20.2 Å². The van der Waals surface area contributed by atoms with Gasteiger partial charge in [0.15, 0.2) is 0 Å². The third-order valence-electron chi connectivity index (χ3n) is 14.7. The molecule has 0 spiro atoms. The van der Waals surface area contributed by atoms with Crippen LogP contribution in [0, 0.1) is 25.2 Å². The maximum absolute atomic E-state index is 15.2.